The van der Waals surface area contributed by atoms with Crippen molar-refractivity contribution in [2.45, 2.75) is 6.92 Å². The number of carbonyl (C=O) groups is 2. The van der Waals surface area contributed by atoms with E-state index >= 15 is 0 Å². The fourth-order valence-corrected chi connectivity index (χ4v) is 1.57. The van der Waals surface area contributed by atoms with Gasteiger partial charge in [0.05, 0.1) is 13.2 Å². The summed E-state index contributed by atoms with van der Waals surface area (Å²) >= 11 is 0. The highest BCUT2D eigenvalue weighted by molar-refractivity contribution is 6.01. The van der Waals surface area contributed by atoms with Crippen molar-refractivity contribution in [2.24, 2.45) is 4.99 Å². The molecular formula is C11H21N5O3. The Labute approximate surface area is 112 Å². The molecule has 1 saturated heterocycles. The molecule has 0 aromatic heterocycles. The van der Waals surface area contributed by atoms with Crippen LogP contribution < -0.4 is 16.0 Å². The highest BCUT2D eigenvalue weighted by Gasteiger charge is 2.27. The standard InChI is InChI=1S/C11H21N5O3/c1-3-19-7-5-14-10(12-2)13-4-6-16-9(17)8-15-11(16)18/h3-8H2,1-2H3,(H,15,18)(H2,12,13,14). The number of guanidine groups is 1. The Morgan fingerprint density at radius 3 is 2.74 bits per heavy atom. The van der Waals surface area contributed by atoms with E-state index in [0.29, 0.717) is 38.8 Å². The molecule has 1 fully saturated rings. The predicted octanol–water partition coefficient (Wildman–Crippen LogP) is -1.26. The summed E-state index contributed by atoms with van der Waals surface area (Å²) in [6, 6.07) is -0.342. The van der Waals surface area contributed by atoms with Gasteiger partial charge in [0, 0.05) is 33.3 Å². The minimum absolute atomic E-state index is 0.0835. The van der Waals surface area contributed by atoms with Crippen molar-refractivity contribution in [1.82, 2.24) is 20.9 Å². The van der Waals surface area contributed by atoms with Crippen LogP contribution in [0.2, 0.25) is 0 Å². The average molecular weight is 271 g/mol. The smallest absolute Gasteiger partial charge is 0.324 e. The minimum atomic E-state index is -0.342. The molecule has 0 aromatic rings. The minimum Gasteiger partial charge on any atom is -0.380 e. The zero-order chi connectivity index (χ0) is 14.1. The summed E-state index contributed by atoms with van der Waals surface area (Å²) in [6.45, 7) is 4.72. The van der Waals surface area contributed by atoms with E-state index in [0.717, 1.165) is 0 Å². The van der Waals surface area contributed by atoms with Crippen molar-refractivity contribution in [1.29, 1.82) is 0 Å². The van der Waals surface area contributed by atoms with Crippen molar-refractivity contribution >= 4 is 17.9 Å². The molecule has 1 aliphatic heterocycles. The lowest BCUT2D eigenvalue weighted by Crippen LogP contribution is -2.44. The molecule has 0 atom stereocenters. The number of aliphatic imine (C=N–C) groups is 1. The summed E-state index contributed by atoms with van der Waals surface area (Å²) in [5.74, 6) is 0.415. The van der Waals surface area contributed by atoms with Gasteiger partial charge in [0.2, 0.25) is 5.91 Å². The predicted molar refractivity (Wildman–Crippen MR) is 71.0 cm³/mol. The Kier molecular flexibility index (Phi) is 6.65. The van der Waals surface area contributed by atoms with Crippen LogP contribution in [0.3, 0.4) is 0 Å². The Morgan fingerprint density at radius 1 is 1.42 bits per heavy atom. The molecule has 0 unspecified atom stereocenters. The lowest BCUT2D eigenvalue weighted by molar-refractivity contribution is -0.124. The third-order valence-electron chi connectivity index (χ3n) is 2.53. The molecule has 0 bridgehead atoms. The summed E-state index contributed by atoms with van der Waals surface area (Å²) in [6.07, 6.45) is 0. The third-order valence-corrected chi connectivity index (χ3v) is 2.53. The molecule has 0 spiro atoms. The van der Waals surface area contributed by atoms with Gasteiger partial charge in [-0.2, -0.15) is 0 Å². The van der Waals surface area contributed by atoms with Crippen molar-refractivity contribution in [3.63, 3.8) is 0 Å². The first-order chi connectivity index (χ1) is 9.19. The SMILES string of the molecule is CCOCCNC(=NC)NCCN1C(=O)CNC1=O. The first-order valence-corrected chi connectivity index (χ1v) is 6.29. The van der Waals surface area contributed by atoms with E-state index in [1.165, 1.54) is 4.90 Å². The number of nitrogens with one attached hydrogen (secondary N) is 3. The van der Waals surface area contributed by atoms with Gasteiger partial charge in [-0.15, -0.1) is 0 Å². The van der Waals surface area contributed by atoms with Crippen LogP contribution in [0.1, 0.15) is 6.92 Å². The number of hydrogen-bond acceptors (Lipinski definition) is 4. The fraction of sp³-hybridized carbons (Fsp3) is 0.727. The molecule has 108 valence electrons. The van der Waals surface area contributed by atoms with E-state index in [2.05, 4.69) is 20.9 Å². The molecule has 0 radical (unpaired) electrons. The maximum absolute atomic E-state index is 11.3. The van der Waals surface area contributed by atoms with Gasteiger partial charge in [-0.25, -0.2) is 4.79 Å². The van der Waals surface area contributed by atoms with Crippen LogP contribution in [0.15, 0.2) is 4.99 Å². The van der Waals surface area contributed by atoms with Gasteiger partial charge in [-0.05, 0) is 6.92 Å². The monoisotopic (exact) mass is 271 g/mol. The largest absolute Gasteiger partial charge is 0.380 e. The van der Waals surface area contributed by atoms with Crippen molar-refractivity contribution in [2.75, 3.05) is 46.4 Å². The first-order valence-electron chi connectivity index (χ1n) is 6.29. The van der Waals surface area contributed by atoms with Gasteiger partial charge in [0.1, 0.15) is 0 Å². The number of imide groups is 1. The second-order valence-electron chi connectivity index (χ2n) is 3.83. The van der Waals surface area contributed by atoms with Crippen LogP contribution >= 0.6 is 0 Å². The molecule has 19 heavy (non-hydrogen) atoms. The molecule has 1 heterocycles. The van der Waals surface area contributed by atoms with Crippen LogP contribution in [0.4, 0.5) is 4.79 Å². The lowest BCUT2D eigenvalue weighted by atomic mass is 10.5. The number of rotatable bonds is 7. The van der Waals surface area contributed by atoms with Gasteiger partial charge in [0.25, 0.3) is 0 Å². The van der Waals surface area contributed by atoms with E-state index in [4.69, 9.17) is 4.74 Å². The quantitative estimate of drug-likeness (QED) is 0.232. The Morgan fingerprint density at radius 2 is 2.16 bits per heavy atom. The van der Waals surface area contributed by atoms with Crippen molar-refractivity contribution < 1.29 is 14.3 Å². The van der Waals surface area contributed by atoms with Crippen LogP contribution in [-0.2, 0) is 9.53 Å². The summed E-state index contributed by atoms with van der Waals surface area (Å²) in [5.41, 5.74) is 0. The summed E-state index contributed by atoms with van der Waals surface area (Å²) in [4.78, 5) is 27.8. The highest BCUT2D eigenvalue weighted by Crippen LogP contribution is 1.96. The molecule has 1 rings (SSSR count). The number of carbonyl (C=O) groups excluding carboxylic acids is 2. The van der Waals surface area contributed by atoms with Crippen LogP contribution in [0.5, 0.6) is 0 Å². The normalized spacial score (nSPS) is 15.7. The Bertz CT molecular complexity index is 329. The van der Waals surface area contributed by atoms with Crippen molar-refractivity contribution in [3.05, 3.63) is 0 Å². The van der Waals surface area contributed by atoms with Crippen molar-refractivity contribution in [3.8, 4) is 0 Å². The zero-order valence-corrected chi connectivity index (χ0v) is 11.4. The van der Waals surface area contributed by atoms with Gasteiger partial charge in [0.15, 0.2) is 5.96 Å². The summed E-state index contributed by atoms with van der Waals surface area (Å²) in [5, 5.41) is 8.55. The van der Waals surface area contributed by atoms with E-state index in [1.807, 2.05) is 6.92 Å². The van der Waals surface area contributed by atoms with E-state index in [-0.39, 0.29) is 18.5 Å². The van der Waals surface area contributed by atoms with Crippen LogP contribution in [0.25, 0.3) is 0 Å². The first kappa shape index (κ1) is 15.2. The maximum Gasteiger partial charge on any atom is 0.324 e. The molecule has 0 aromatic carbocycles. The zero-order valence-electron chi connectivity index (χ0n) is 11.4. The fourth-order valence-electron chi connectivity index (χ4n) is 1.57. The Hall–Kier alpha value is -1.83. The number of hydrogen-bond donors (Lipinski definition) is 3. The van der Waals surface area contributed by atoms with Gasteiger partial charge < -0.3 is 20.7 Å². The molecule has 0 aliphatic carbocycles. The molecule has 8 heteroatoms. The van der Waals surface area contributed by atoms with Gasteiger partial charge in [-0.3, -0.25) is 14.7 Å². The lowest BCUT2D eigenvalue weighted by Gasteiger charge is -2.15. The summed E-state index contributed by atoms with van der Waals surface area (Å²) < 4.78 is 5.19. The molecule has 3 N–H and O–H groups in total. The number of amides is 3. The van der Waals surface area contributed by atoms with Gasteiger partial charge >= 0.3 is 6.03 Å². The number of nitrogens with zero attached hydrogens (tertiary/aromatic N) is 2. The second-order valence-corrected chi connectivity index (χ2v) is 3.83. The topological polar surface area (TPSA) is 95.1 Å². The summed E-state index contributed by atoms with van der Waals surface area (Å²) in [7, 11) is 1.66. The molecular weight excluding hydrogens is 250 g/mol. The molecule has 1 aliphatic rings. The molecule has 8 nitrogen and oxygen atoms in total. The van der Waals surface area contributed by atoms with E-state index in [1.54, 1.807) is 7.05 Å². The number of urea groups is 1. The average Bonchev–Trinajstić information content (AvgIpc) is 2.73. The molecule has 0 saturated carbocycles. The Balaban J connectivity index is 2.19. The van der Waals surface area contributed by atoms with Crippen LogP contribution in [0, 0.1) is 0 Å². The second kappa shape index (κ2) is 8.30. The maximum atomic E-state index is 11.3. The van der Waals surface area contributed by atoms with Crippen LogP contribution in [-0.4, -0.2) is 69.2 Å². The number of ether oxygens (including phenoxy) is 1. The molecule has 3 amide bonds. The van der Waals surface area contributed by atoms with E-state index < -0.39 is 0 Å². The van der Waals surface area contributed by atoms with Gasteiger partial charge in [-0.1, -0.05) is 0 Å². The highest BCUT2D eigenvalue weighted by atomic mass is 16.5. The third kappa shape index (κ3) is 5.12. The van der Waals surface area contributed by atoms with E-state index in [9.17, 15) is 9.59 Å².